The normalized spacial score (nSPS) is 20.3. The van der Waals surface area contributed by atoms with E-state index in [1.807, 2.05) is 17.2 Å². The summed E-state index contributed by atoms with van der Waals surface area (Å²) in [7, 11) is 0. The number of aliphatic carboxylic acids is 1. The highest BCUT2D eigenvalue weighted by atomic mass is 32.2. The van der Waals surface area contributed by atoms with Gasteiger partial charge in [-0.05, 0) is 6.26 Å². The minimum atomic E-state index is -0.790. The van der Waals surface area contributed by atoms with Crippen LogP contribution < -0.4 is 4.90 Å². The van der Waals surface area contributed by atoms with E-state index in [1.165, 1.54) is 18.1 Å². The molecule has 1 N–H and O–H groups in total. The van der Waals surface area contributed by atoms with Crippen molar-refractivity contribution in [3.8, 4) is 0 Å². The summed E-state index contributed by atoms with van der Waals surface area (Å²) in [6.45, 7) is 0.715. The molecule has 92 valence electrons. The first kappa shape index (κ1) is 12.5. The number of rotatable bonds is 3. The van der Waals surface area contributed by atoms with Crippen LogP contribution in [0.2, 0.25) is 0 Å². The Morgan fingerprint density at radius 3 is 3.18 bits per heavy atom. The van der Waals surface area contributed by atoms with E-state index in [0.717, 1.165) is 10.8 Å². The summed E-state index contributed by atoms with van der Waals surface area (Å²) < 4.78 is 0. The number of carboxylic acid groups (broad SMARTS) is 1. The van der Waals surface area contributed by atoms with E-state index >= 15 is 0 Å². The second-order valence-electron chi connectivity index (χ2n) is 3.54. The van der Waals surface area contributed by atoms with Crippen molar-refractivity contribution in [3.63, 3.8) is 0 Å². The van der Waals surface area contributed by atoms with Crippen molar-refractivity contribution in [1.29, 1.82) is 0 Å². The molecule has 0 aromatic carbocycles. The Hall–Kier alpha value is -0.950. The number of nitrogens with zero attached hydrogens (tertiary/aromatic N) is 3. The van der Waals surface area contributed by atoms with Crippen molar-refractivity contribution in [2.45, 2.75) is 11.1 Å². The lowest BCUT2D eigenvalue weighted by molar-refractivity contribution is -0.138. The molecule has 0 bridgehead atoms. The Morgan fingerprint density at radius 2 is 2.47 bits per heavy atom. The number of carboxylic acids is 1. The van der Waals surface area contributed by atoms with Gasteiger partial charge in [0.05, 0.1) is 0 Å². The average molecular weight is 271 g/mol. The fourth-order valence-electron chi connectivity index (χ4n) is 1.68. The Morgan fingerprint density at radius 1 is 1.65 bits per heavy atom. The van der Waals surface area contributed by atoms with E-state index in [2.05, 4.69) is 9.97 Å². The van der Waals surface area contributed by atoms with E-state index < -0.39 is 12.0 Å². The van der Waals surface area contributed by atoms with Crippen LogP contribution in [0.1, 0.15) is 0 Å². The summed E-state index contributed by atoms with van der Waals surface area (Å²) in [4.78, 5) is 21.3. The van der Waals surface area contributed by atoms with Gasteiger partial charge in [-0.15, -0.1) is 11.8 Å². The van der Waals surface area contributed by atoms with Crippen molar-refractivity contribution in [3.05, 3.63) is 12.4 Å². The topological polar surface area (TPSA) is 66.3 Å². The van der Waals surface area contributed by atoms with Crippen LogP contribution >= 0.6 is 23.5 Å². The molecule has 0 radical (unpaired) electrons. The summed E-state index contributed by atoms with van der Waals surface area (Å²) >= 11 is 3.19. The number of anilines is 1. The molecule has 2 heterocycles. The minimum absolute atomic E-state index is 0.488. The van der Waals surface area contributed by atoms with Crippen LogP contribution in [0.4, 0.5) is 5.82 Å². The van der Waals surface area contributed by atoms with Gasteiger partial charge in [0.1, 0.15) is 23.2 Å². The molecule has 1 aliphatic rings. The molecule has 1 fully saturated rings. The van der Waals surface area contributed by atoms with Crippen LogP contribution in [0.25, 0.3) is 0 Å². The van der Waals surface area contributed by atoms with Gasteiger partial charge in [0.2, 0.25) is 0 Å². The Balaban J connectivity index is 2.26. The monoisotopic (exact) mass is 271 g/mol. The zero-order chi connectivity index (χ0) is 12.3. The molecule has 0 spiro atoms. The molecule has 1 saturated heterocycles. The summed E-state index contributed by atoms with van der Waals surface area (Å²) in [5, 5.41) is 10.1. The zero-order valence-electron chi connectivity index (χ0n) is 9.37. The van der Waals surface area contributed by atoms with E-state index in [1.54, 1.807) is 11.8 Å². The number of hydrogen-bond acceptors (Lipinski definition) is 6. The molecule has 1 aromatic heterocycles. The van der Waals surface area contributed by atoms with Gasteiger partial charge in [0.25, 0.3) is 0 Å². The maximum Gasteiger partial charge on any atom is 0.327 e. The molecule has 1 unspecified atom stereocenters. The second-order valence-corrected chi connectivity index (χ2v) is 5.52. The summed E-state index contributed by atoms with van der Waals surface area (Å²) in [5.41, 5.74) is 0. The van der Waals surface area contributed by atoms with Crippen LogP contribution in [0.3, 0.4) is 0 Å². The third kappa shape index (κ3) is 2.84. The number of thioether (sulfide) groups is 2. The Labute approximate surface area is 108 Å². The predicted molar refractivity (Wildman–Crippen MR) is 69.9 cm³/mol. The molecule has 1 aliphatic heterocycles. The van der Waals surface area contributed by atoms with E-state index in [4.69, 9.17) is 0 Å². The van der Waals surface area contributed by atoms with Crippen LogP contribution in [-0.2, 0) is 4.79 Å². The Bertz CT molecular complexity index is 416. The summed E-state index contributed by atoms with van der Waals surface area (Å²) in [6, 6.07) is 1.36. The van der Waals surface area contributed by atoms with Crippen molar-refractivity contribution in [1.82, 2.24) is 9.97 Å². The minimum Gasteiger partial charge on any atom is -0.480 e. The van der Waals surface area contributed by atoms with Gasteiger partial charge >= 0.3 is 5.97 Å². The first-order valence-corrected chi connectivity index (χ1v) is 7.53. The van der Waals surface area contributed by atoms with Gasteiger partial charge in [-0.25, -0.2) is 14.8 Å². The van der Waals surface area contributed by atoms with Crippen LogP contribution in [0.5, 0.6) is 0 Å². The lowest BCUT2D eigenvalue weighted by Gasteiger charge is -2.33. The maximum atomic E-state index is 11.2. The first-order valence-electron chi connectivity index (χ1n) is 5.15. The molecule has 1 atom stereocenters. The molecular formula is C10H13N3O2S2. The van der Waals surface area contributed by atoms with Crippen molar-refractivity contribution < 1.29 is 9.90 Å². The quantitative estimate of drug-likeness (QED) is 0.654. The fourth-order valence-corrected chi connectivity index (χ4v) is 3.10. The van der Waals surface area contributed by atoms with Crippen LogP contribution in [-0.4, -0.2) is 51.4 Å². The van der Waals surface area contributed by atoms with Crippen molar-refractivity contribution in [2.24, 2.45) is 0 Å². The molecule has 0 amide bonds. The molecule has 17 heavy (non-hydrogen) atoms. The molecule has 1 aromatic rings. The number of hydrogen-bond donors (Lipinski definition) is 1. The standard InChI is InChI=1S/C10H13N3O2S2/c1-16-9-4-8(11-6-12-9)13-2-3-17-5-7(13)10(14)15/h4,6-7H,2-3,5H2,1H3,(H,14,15). The van der Waals surface area contributed by atoms with Crippen molar-refractivity contribution in [2.75, 3.05) is 29.2 Å². The summed E-state index contributed by atoms with van der Waals surface area (Å²) in [6.07, 6.45) is 3.43. The molecule has 5 nitrogen and oxygen atoms in total. The lowest BCUT2D eigenvalue weighted by Crippen LogP contribution is -2.47. The smallest absolute Gasteiger partial charge is 0.327 e. The summed E-state index contributed by atoms with van der Waals surface area (Å²) in [5.74, 6) is 1.45. The number of carbonyl (C=O) groups is 1. The largest absolute Gasteiger partial charge is 0.480 e. The van der Waals surface area contributed by atoms with E-state index in [0.29, 0.717) is 18.1 Å². The maximum absolute atomic E-state index is 11.2. The molecule has 0 aliphatic carbocycles. The van der Waals surface area contributed by atoms with Gasteiger partial charge < -0.3 is 10.0 Å². The highest BCUT2D eigenvalue weighted by Crippen LogP contribution is 2.24. The third-order valence-electron chi connectivity index (χ3n) is 2.54. The highest BCUT2D eigenvalue weighted by molar-refractivity contribution is 7.99. The number of aromatic nitrogens is 2. The van der Waals surface area contributed by atoms with E-state index in [9.17, 15) is 9.90 Å². The first-order chi connectivity index (χ1) is 8.22. The van der Waals surface area contributed by atoms with Gasteiger partial charge in [-0.2, -0.15) is 11.8 Å². The van der Waals surface area contributed by atoms with Crippen molar-refractivity contribution >= 4 is 35.3 Å². The van der Waals surface area contributed by atoms with Gasteiger partial charge in [-0.1, -0.05) is 0 Å². The predicted octanol–water partition coefficient (Wildman–Crippen LogP) is 1.20. The molecular weight excluding hydrogens is 258 g/mol. The average Bonchev–Trinajstić information content (AvgIpc) is 2.39. The third-order valence-corrected chi connectivity index (χ3v) is 4.21. The van der Waals surface area contributed by atoms with Crippen LogP contribution in [0, 0.1) is 0 Å². The molecule has 7 heteroatoms. The van der Waals surface area contributed by atoms with Crippen LogP contribution in [0.15, 0.2) is 17.4 Å². The van der Waals surface area contributed by atoms with Gasteiger partial charge in [0, 0.05) is 24.1 Å². The zero-order valence-corrected chi connectivity index (χ0v) is 11.0. The lowest BCUT2D eigenvalue weighted by atomic mass is 10.2. The molecule has 2 rings (SSSR count). The SMILES string of the molecule is CSc1cc(N2CCSCC2C(=O)O)ncn1. The second kappa shape index (κ2) is 5.59. The Kier molecular flexibility index (Phi) is 4.11. The fraction of sp³-hybridized carbons (Fsp3) is 0.500. The van der Waals surface area contributed by atoms with E-state index in [-0.39, 0.29) is 0 Å². The van der Waals surface area contributed by atoms with Gasteiger partial charge in [0.15, 0.2) is 0 Å². The highest BCUT2D eigenvalue weighted by Gasteiger charge is 2.29. The molecule has 0 saturated carbocycles. The van der Waals surface area contributed by atoms with Gasteiger partial charge in [-0.3, -0.25) is 0 Å².